The summed E-state index contributed by atoms with van der Waals surface area (Å²) in [5.41, 5.74) is 3.58. The normalized spacial score (nSPS) is 11.5. The van der Waals surface area contributed by atoms with Crippen LogP contribution >= 0.6 is 0 Å². The van der Waals surface area contributed by atoms with Gasteiger partial charge in [-0.1, -0.05) is 24.3 Å². The van der Waals surface area contributed by atoms with Crippen LogP contribution in [0.25, 0.3) is 11.0 Å². The molecule has 1 amide bonds. The largest absolute Gasteiger partial charge is 0.444 e. The van der Waals surface area contributed by atoms with Crippen molar-refractivity contribution in [1.29, 1.82) is 0 Å². The molecule has 5 nitrogen and oxygen atoms in total. The Morgan fingerprint density at radius 2 is 1.84 bits per heavy atom. The number of aromatic nitrogens is 2. The lowest BCUT2D eigenvalue weighted by Crippen LogP contribution is -2.27. The molecule has 0 bridgehead atoms. The second kappa shape index (κ2) is 6.97. The topological polar surface area (TPSA) is 56.1 Å². The van der Waals surface area contributed by atoms with Crippen molar-refractivity contribution in [3.8, 4) is 0 Å². The zero-order valence-electron chi connectivity index (χ0n) is 14.8. The number of nitrogens with one attached hydrogen (secondary N) is 1. The summed E-state index contributed by atoms with van der Waals surface area (Å²) in [6, 6.07) is 15.9. The van der Waals surface area contributed by atoms with Gasteiger partial charge in [0.2, 0.25) is 0 Å². The van der Waals surface area contributed by atoms with Gasteiger partial charge in [-0.2, -0.15) is 0 Å². The van der Waals surface area contributed by atoms with Crippen LogP contribution in [0.15, 0.2) is 54.9 Å². The quantitative estimate of drug-likeness (QED) is 0.755. The van der Waals surface area contributed by atoms with E-state index in [0.717, 1.165) is 29.7 Å². The lowest BCUT2D eigenvalue weighted by Gasteiger charge is -2.19. The summed E-state index contributed by atoms with van der Waals surface area (Å²) in [5.74, 6) is 0. The molecule has 0 saturated heterocycles. The number of amides is 1. The number of ether oxygens (including phenoxy) is 1. The van der Waals surface area contributed by atoms with Crippen LogP contribution in [-0.4, -0.2) is 21.2 Å². The number of rotatable bonds is 4. The highest BCUT2D eigenvalue weighted by atomic mass is 16.6. The summed E-state index contributed by atoms with van der Waals surface area (Å²) in [6.45, 7) is 6.39. The summed E-state index contributed by atoms with van der Waals surface area (Å²) >= 11 is 0. The Labute approximate surface area is 147 Å². The van der Waals surface area contributed by atoms with Gasteiger partial charge in [-0.15, -0.1) is 0 Å². The molecule has 0 saturated carbocycles. The minimum Gasteiger partial charge on any atom is -0.444 e. The van der Waals surface area contributed by atoms with Gasteiger partial charge in [0.25, 0.3) is 0 Å². The van der Waals surface area contributed by atoms with Gasteiger partial charge in [-0.05, 0) is 57.0 Å². The minimum atomic E-state index is -0.502. The smallest absolute Gasteiger partial charge is 0.412 e. The molecule has 0 radical (unpaired) electrons. The lowest BCUT2D eigenvalue weighted by molar-refractivity contribution is 0.0636. The van der Waals surface area contributed by atoms with E-state index in [9.17, 15) is 4.79 Å². The first kappa shape index (κ1) is 17.0. The van der Waals surface area contributed by atoms with Gasteiger partial charge in [-0.25, -0.2) is 9.78 Å². The number of hydrogen-bond donors (Lipinski definition) is 1. The second-order valence-electron chi connectivity index (χ2n) is 7.00. The van der Waals surface area contributed by atoms with E-state index in [1.54, 1.807) is 0 Å². The second-order valence-corrected chi connectivity index (χ2v) is 7.00. The fourth-order valence-electron chi connectivity index (χ4n) is 2.61. The molecule has 0 fully saturated rings. The predicted molar refractivity (Wildman–Crippen MR) is 99.7 cm³/mol. The highest BCUT2D eigenvalue weighted by Gasteiger charge is 2.16. The average molecular weight is 337 g/mol. The third-order valence-electron chi connectivity index (χ3n) is 3.77. The van der Waals surface area contributed by atoms with Crippen molar-refractivity contribution < 1.29 is 9.53 Å². The van der Waals surface area contributed by atoms with Gasteiger partial charge < -0.3 is 9.30 Å². The van der Waals surface area contributed by atoms with Crippen molar-refractivity contribution in [3.05, 3.63) is 60.4 Å². The maximum Gasteiger partial charge on any atom is 0.412 e. The Bertz CT molecular complexity index is 861. The van der Waals surface area contributed by atoms with Crippen LogP contribution in [0.5, 0.6) is 0 Å². The molecule has 0 spiro atoms. The molecule has 0 unspecified atom stereocenters. The van der Waals surface area contributed by atoms with E-state index in [4.69, 9.17) is 4.74 Å². The maximum atomic E-state index is 11.8. The van der Waals surface area contributed by atoms with E-state index >= 15 is 0 Å². The monoisotopic (exact) mass is 337 g/mol. The van der Waals surface area contributed by atoms with Crippen LogP contribution in [0.4, 0.5) is 10.5 Å². The molecule has 3 rings (SSSR count). The van der Waals surface area contributed by atoms with Gasteiger partial charge in [0.15, 0.2) is 0 Å². The Kier molecular flexibility index (Phi) is 4.74. The molecule has 25 heavy (non-hydrogen) atoms. The highest BCUT2D eigenvalue weighted by molar-refractivity contribution is 5.84. The third-order valence-corrected chi connectivity index (χ3v) is 3.77. The molecule has 3 aromatic rings. The maximum absolute atomic E-state index is 11.8. The van der Waals surface area contributed by atoms with Crippen LogP contribution in [-0.2, 0) is 17.7 Å². The number of carbonyl (C=O) groups excluding carboxylic acids is 1. The number of imidazole rings is 1. The summed E-state index contributed by atoms with van der Waals surface area (Å²) in [5, 5.41) is 2.74. The fraction of sp³-hybridized carbons (Fsp3) is 0.300. The Balaban J connectivity index is 1.58. The van der Waals surface area contributed by atoms with Crippen molar-refractivity contribution in [1.82, 2.24) is 9.55 Å². The molecule has 2 aromatic carbocycles. The van der Waals surface area contributed by atoms with E-state index in [-0.39, 0.29) is 0 Å². The molecule has 1 heterocycles. The van der Waals surface area contributed by atoms with E-state index in [0.29, 0.717) is 0 Å². The highest BCUT2D eigenvalue weighted by Crippen LogP contribution is 2.15. The molecule has 0 atom stereocenters. The van der Waals surface area contributed by atoms with E-state index in [1.807, 2.05) is 69.6 Å². The van der Waals surface area contributed by atoms with Crippen LogP contribution < -0.4 is 5.32 Å². The van der Waals surface area contributed by atoms with Crippen LogP contribution in [0.3, 0.4) is 0 Å². The van der Waals surface area contributed by atoms with Gasteiger partial charge in [-0.3, -0.25) is 5.32 Å². The summed E-state index contributed by atoms with van der Waals surface area (Å²) in [6.07, 6.45) is 2.33. The third kappa shape index (κ3) is 4.59. The lowest BCUT2D eigenvalue weighted by atomic mass is 10.1. The average Bonchev–Trinajstić information content (AvgIpc) is 2.96. The van der Waals surface area contributed by atoms with Crippen LogP contribution in [0, 0.1) is 0 Å². The van der Waals surface area contributed by atoms with Gasteiger partial charge in [0.05, 0.1) is 17.4 Å². The fourth-order valence-corrected chi connectivity index (χ4v) is 2.61. The summed E-state index contributed by atoms with van der Waals surface area (Å²) in [7, 11) is 0. The van der Waals surface area contributed by atoms with Crippen LogP contribution in [0.2, 0.25) is 0 Å². The first-order valence-electron chi connectivity index (χ1n) is 8.39. The number of anilines is 1. The number of para-hydroxylation sites is 2. The minimum absolute atomic E-state index is 0.440. The van der Waals surface area contributed by atoms with E-state index in [2.05, 4.69) is 20.9 Å². The molecule has 130 valence electrons. The zero-order chi connectivity index (χ0) is 17.9. The molecule has 0 aliphatic carbocycles. The standard InChI is InChI=1S/C20H23N3O2/c1-20(2,3)25-19(24)22-16-10-8-15(9-11-16)12-13-23-14-21-17-6-4-5-7-18(17)23/h4-11,14H,12-13H2,1-3H3,(H,22,24). The number of carbonyl (C=O) groups is 1. The Morgan fingerprint density at radius 3 is 2.56 bits per heavy atom. The van der Waals surface area contributed by atoms with Crippen molar-refractivity contribution in [3.63, 3.8) is 0 Å². The van der Waals surface area contributed by atoms with E-state index in [1.165, 1.54) is 5.56 Å². The molecule has 0 aliphatic heterocycles. The van der Waals surface area contributed by atoms with Gasteiger partial charge in [0, 0.05) is 12.2 Å². The number of nitrogens with zero attached hydrogens (tertiary/aromatic N) is 2. The molecule has 5 heteroatoms. The zero-order valence-corrected chi connectivity index (χ0v) is 14.8. The van der Waals surface area contributed by atoms with Crippen molar-refractivity contribution >= 4 is 22.8 Å². The van der Waals surface area contributed by atoms with Crippen molar-refractivity contribution in [2.75, 3.05) is 5.32 Å². The number of hydrogen-bond acceptors (Lipinski definition) is 3. The van der Waals surface area contributed by atoms with Gasteiger partial charge >= 0.3 is 6.09 Å². The Hall–Kier alpha value is -2.82. The SMILES string of the molecule is CC(C)(C)OC(=O)Nc1ccc(CCn2cnc3ccccc32)cc1. The van der Waals surface area contributed by atoms with Gasteiger partial charge in [0.1, 0.15) is 5.60 Å². The predicted octanol–water partition coefficient (Wildman–Crippen LogP) is 4.63. The van der Waals surface area contributed by atoms with E-state index < -0.39 is 11.7 Å². The number of benzene rings is 2. The molecular weight excluding hydrogens is 314 g/mol. The molecule has 1 aromatic heterocycles. The molecule has 0 aliphatic rings. The van der Waals surface area contributed by atoms with Crippen LogP contribution in [0.1, 0.15) is 26.3 Å². The first-order chi connectivity index (χ1) is 11.9. The summed E-state index contributed by atoms with van der Waals surface area (Å²) in [4.78, 5) is 16.2. The Morgan fingerprint density at radius 1 is 1.12 bits per heavy atom. The molecular formula is C20H23N3O2. The first-order valence-corrected chi connectivity index (χ1v) is 8.39. The summed E-state index contributed by atoms with van der Waals surface area (Å²) < 4.78 is 7.40. The van der Waals surface area contributed by atoms with Crippen molar-refractivity contribution in [2.45, 2.75) is 39.3 Å². The van der Waals surface area contributed by atoms with Crippen molar-refractivity contribution in [2.24, 2.45) is 0 Å². The number of fused-ring (bicyclic) bond motifs is 1. The molecule has 1 N–H and O–H groups in total. The number of aryl methyl sites for hydroxylation is 2.